The Bertz CT molecular complexity index is 654. The van der Waals surface area contributed by atoms with Crippen molar-refractivity contribution in [2.24, 2.45) is 5.73 Å². The summed E-state index contributed by atoms with van der Waals surface area (Å²) in [5.74, 6) is -0.415. The molecule has 0 aliphatic heterocycles. The number of amides is 3. The van der Waals surface area contributed by atoms with E-state index in [0.717, 1.165) is 15.0 Å². The molecule has 108 valence electrons. The van der Waals surface area contributed by atoms with E-state index >= 15 is 0 Å². The summed E-state index contributed by atoms with van der Waals surface area (Å²) >= 11 is 3.30. The van der Waals surface area contributed by atoms with Crippen LogP contribution >= 0.6 is 15.9 Å². The van der Waals surface area contributed by atoms with Gasteiger partial charge in [-0.2, -0.15) is 0 Å². The number of halogens is 1. The highest BCUT2D eigenvalue weighted by Crippen LogP contribution is 2.14. The summed E-state index contributed by atoms with van der Waals surface area (Å²) in [7, 11) is 0. The summed E-state index contributed by atoms with van der Waals surface area (Å²) in [4.78, 5) is 23.7. The molecule has 0 radical (unpaired) electrons. The van der Waals surface area contributed by atoms with Gasteiger partial charge in [0.15, 0.2) is 0 Å². The molecule has 0 spiro atoms. The highest BCUT2D eigenvalue weighted by Gasteiger charge is 2.16. The summed E-state index contributed by atoms with van der Waals surface area (Å²) in [6.07, 6.45) is 0. The Morgan fingerprint density at radius 1 is 1.05 bits per heavy atom. The summed E-state index contributed by atoms with van der Waals surface area (Å²) in [5.41, 5.74) is 9.78. The van der Waals surface area contributed by atoms with Crippen LogP contribution < -0.4 is 16.2 Å². The molecule has 2 aromatic rings. The number of hydrazine groups is 1. The van der Waals surface area contributed by atoms with Gasteiger partial charge >= 0.3 is 6.03 Å². The van der Waals surface area contributed by atoms with Crippen LogP contribution in [0, 0.1) is 6.92 Å². The van der Waals surface area contributed by atoms with Crippen molar-refractivity contribution < 1.29 is 9.59 Å². The van der Waals surface area contributed by atoms with Crippen molar-refractivity contribution in [3.8, 4) is 0 Å². The third-order valence-electron chi connectivity index (χ3n) is 2.83. The molecule has 0 aromatic heterocycles. The lowest BCUT2D eigenvalue weighted by Gasteiger charge is -2.21. The molecule has 0 atom stereocenters. The predicted molar refractivity (Wildman–Crippen MR) is 84.8 cm³/mol. The standard InChI is InChI=1S/C15H14BrN3O2/c1-10-2-8-13(9-3-10)19(15(17)21)18-14(20)11-4-6-12(16)7-5-11/h2-9H,1H3,(H2,17,21)(H,18,20). The maximum Gasteiger partial charge on any atom is 0.338 e. The van der Waals surface area contributed by atoms with E-state index in [0.29, 0.717) is 11.3 Å². The Morgan fingerprint density at radius 3 is 2.14 bits per heavy atom. The van der Waals surface area contributed by atoms with Crippen LogP contribution in [0.4, 0.5) is 10.5 Å². The summed E-state index contributed by atoms with van der Waals surface area (Å²) in [6, 6.07) is 13.1. The molecule has 3 amide bonds. The molecule has 0 aliphatic carbocycles. The minimum Gasteiger partial charge on any atom is -0.350 e. The van der Waals surface area contributed by atoms with Crippen LogP contribution in [0.3, 0.4) is 0 Å². The van der Waals surface area contributed by atoms with E-state index < -0.39 is 11.9 Å². The van der Waals surface area contributed by atoms with E-state index in [1.165, 1.54) is 0 Å². The van der Waals surface area contributed by atoms with Crippen LogP contribution in [0.15, 0.2) is 53.0 Å². The minimum atomic E-state index is -0.760. The Labute approximate surface area is 130 Å². The number of primary amides is 1. The maximum absolute atomic E-state index is 12.1. The van der Waals surface area contributed by atoms with Gasteiger partial charge in [-0.3, -0.25) is 10.2 Å². The number of aryl methyl sites for hydroxylation is 1. The van der Waals surface area contributed by atoms with Gasteiger partial charge in [0.25, 0.3) is 5.91 Å². The minimum absolute atomic E-state index is 0.415. The van der Waals surface area contributed by atoms with Gasteiger partial charge in [-0.25, -0.2) is 9.80 Å². The quantitative estimate of drug-likeness (QED) is 0.819. The van der Waals surface area contributed by atoms with E-state index in [1.807, 2.05) is 19.1 Å². The number of urea groups is 1. The normalized spacial score (nSPS) is 10.0. The first kappa shape index (κ1) is 15.1. The lowest BCUT2D eigenvalue weighted by atomic mass is 10.2. The molecule has 2 aromatic carbocycles. The van der Waals surface area contributed by atoms with E-state index in [-0.39, 0.29) is 0 Å². The number of nitrogens with two attached hydrogens (primary N) is 1. The van der Waals surface area contributed by atoms with Gasteiger partial charge in [0.1, 0.15) is 0 Å². The number of anilines is 1. The third kappa shape index (κ3) is 3.82. The van der Waals surface area contributed by atoms with Gasteiger partial charge in [0, 0.05) is 10.0 Å². The molecule has 0 fully saturated rings. The van der Waals surface area contributed by atoms with Crippen molar-refractivity contribution in [1.82, 2.24) is 5.43 Å². The molecule has 3 N–H and O–H groups in total. The Hall–Kier alpha value is -2.34. The lowest BCUT2D eigenvalue weighted by Crippen LogP contribution is -2.49. The fourth-order valence-corrected chi connectivity index (χ4v) is 1.97. The second-order valence-corrected chi connectivity index (χ2v) is 5.37. The van der Waals surface area contributed by atoms with Gasteiger partial charge in [-0.15, -0.1) is 0 Å². The topological polar surface area (TPSA) is 75.4 Å². The summed E-state index contributed by atoms with van der Waals surface area (Å²) in [5, 5.41) is 1.02. The van der Waals surface area contributed by atoms with Crippen LogP contribution in [0.1, 0.15) is 15.9 Å². The molecule has 6 heteroatoms. The number of benzene rings is 2. The van der Waals surface area contributed by atoms with Crippen molar-refractivity contribution in [3.05, 3.63) is 64.1 Å². The maximum atomic E-state index is 12.1. The number of carbonyl (C=O) groups is 2. The molecular formula is C15H14BrN3O2. The number of carbonyl (C=O) groups excluding carboxylic acids is 2. The van der Waals surface area contributed by atoms with Crippen molar-refractivity contribution >= 4 is 33.6 Å². The van der Waals surface area contributed by atoms with Gasteiger partial charge in [-0.1, -0.05) is 33.6 Å². The number of hydrogen-bond acceptors (Lipinski definition) is 2. The second-order valence-electron chi connectivity index (χ2n) is 4.46. The van der Waals surface area contributed by atoms with Gasteiger partial charge in [-0.05, 0) is 43.3 Å². The zero-order valence-electron chi connectivity index (χ0n) is 11.3. The van der Waals surface area contributed by atoms with Crippen molar-refractivity contribution in [2.45, 2.75) is 6.92 Å². The first-order valence-corrected chi connectivity index (χ1v) is 6.99. The fraction of sp³-hybridized carbons (Fsp3) is 0.0667. The van der Waals surface area contributed by atoms with Gasteiger partial charge in [0.05, 0.1) is 5.69 Å². The lowest BCUT2D eigenvalue weighted by molar-refractivity contribution is 0.0951. The number of nitrogens with one attached hydrogen (secondary N) is 1. The van der Waals surface area contributed by atoms with E-state index in [9.17, 15) is 9.59 Å². The van der Waals surface area contributed by atoms with Crippen LogP contribution in [0.5, 0.6) is 0 Å². The summed E-state index contributed by atoms with van der Waals surface area (Å²) < 4.78 is 0.865. The molecule has 0 unspecified atom stereocenters. The van der Waals surface area contributed by atoms with E-state index in [4.69, 9.17) is 5.73 Å². The van der Waals surface area contributed by atoms with E-state index in [1.54, 1.807) is 36.4 Å². The fourth-order valence-electron chi connectivity index (χ4n) is 1.71. The highest BCUT2D eigenvalue weighted by atomic mass is 79.9. The number of nitrogens with zero attached hydrogens (tertiary/aromatic N) is 1. The Morgan fingerprint density at radius 2 is 1.62 bits per heavy atom. The number of rotatable bonds is 2. The van der Waals surface area contributed by atoms with Crippen LogP contribution in [-0.4, -0.2) is 11.9 Å². The molecule has 0 saturated carbocycles. The zero-order chi connectivity index (χ0) is 15.4. The second kappa shape index (κ2) is 6.41. The van der Waals surface area contributed by atoms with Gasteiger partial charge < -0.3 is 5.73 Å². The average Bonchev–Trinajstić information content (AvgIpc) is 2.46. The monoisotopic (exact) mass is 347 g/mol. The molecular weight excluding hydrogens is 334 g/mol. The van der Waals surface area contributed by atoms with Crippen LogP contribution in [-0.2, 0) is 0 Å². The third-order valence-corrected chi connectivity index (χ3v) is 3.36. The average molecular weight is 348 g/mol. The Balaban J connectivity index is 2.20. The first-order valence-electron chi connectivity index (χ1n) is 6.20. The van der Waals surface area contributed by atoms with E-state index in [2.05, 4.69) is 21.4 Å². The molecule has 0 aliphatic rings. The Kier molecular flexibility index (Phi) is 4.59. The smallest absolute Gasteiger partial charge is 0.338 e. The molecule has 2 rings (SSSR count). The number of hydrogen-bond donors (Lipinski definition) is 2. The molecule has 0 saturated heterocycles. The van der Waals surface area contributed by atoms with Gasteiger partial charge in [0.2, 0.25) is 0 Å². The molecule has 21 heavy (non-hydrogen) atoms. The van der Waals surface area contributed by atoms with Crippen molar-refractivity contribution in [3.63, 3.8) is 0 Å². The largest absolute Gasteiger partial charge is 0.350 e. The zero-order valence-corrected chi connectivity index (χ0v) is 12.9. The van der Waals surface area contributed by atoms with Crippen molar-refractivity contribution in [2.75, 3.05) is 5.01 Å². The molecule has 0 heterocycles. The summed E-state index contributed by atoms with van der Waals surface area (Å²) in [6.45, 7) is 1.93. The van der Waals surface area contributed by atoms with Crippen LogP contribution in [0.25, 0.3) is 0 Å². The van der Waals surface area contributed by atoms with Crippen LogP contribution in [0.2, 0.25) is 0 Å². The molecule has 5 nitrogen and oxygen atoms in total. The molecule has 0 bridgehead atoms. The SMILES string of the molecule is Cc1ccc(N(NC(=O)c2ccc(Br)cc2)C(N)=O)cc1. The first-order chi connectivity index (χ1) is 9.97. The predicted octanol–water partition coefficient (Wildman–Crippen LogP) is 2.99. The van der Waals surface area contributed by atoms with Crippen molar-refractivity contribution in [1.29, 1.82) is 0 Å². The highest BCUT2D eigenvalue weighted by molar-refractivity contribution is 9.10.